The lowest BCUT2D eigenvalue weighted by Crippen LogP contribution is -2.27. The SMILES string of the molecule is CC(C)(C)C(CBr)COc1ccc(C(F)(F)F)cc1. The van der Waals surface area contributed by atoms with Crippen LogP contribution in [-0.4, -0.2) is 11.9 Å². The fraction of sp³-hybridized carbons (Fsp3) is 0.571. The molecule has 0 spiro atoms. The maximum atomic E-state index is 12.4. The minimum absolute atomic E-state index is 0.0788. The summed E-state index contributed by atoms with van der Waals surface area (Å²) in [5.74, 6) is 0.748. The van der Waals surface area contributed by atoms with Gasteiger partial charge in [0.15, 0.2) is 0 Å². The molecule has 1 rings (SSSR count). The monoisotopic (exact) mass is 338 g/mol. The molecule has 0 fully saturated rings. The third-order valence-electron chi connectivity index (χ3n) is 3.04. The van der Waals surface area contributed by atoms with Crippen LogP contribution in [0.5, 0.6) is 5.75 Å². The molecular formula is C14H18BrF3O. The molecule has 0 aliphatic rings. The molecule has 5 heteroatoms. The first-order chi connectivity index (χ1) is 8.64. The van der Waals surface area contributed by atoms with Gasteiger partial charge in [-0.15, -0.1) is 0 Å². The molecule has 0 amide bonds. The van der Waals surface area contributed by atoms with E-state index in [9.17, 15) is 13.2 Å². The van der Waals surface area contributed by atoms with Crippen molar-refractivity contribution in [1.82, 2.24) is 0 Å². The molecule has 0 saturated heterocycles. The van der Waals surface area contributed by atoms with Gasteiger partial charge in [0.1, 0.15) is 5.75 Å². The largest absolute Gasteiger partial charge is 0.493 e. The van der Waals surface area contributed by atoms with Crippen LogP contribution in [0, 0.1) is 11.3 Å². The summed E-state index contributed by atoms with van der Waals surface area (Å²) in [6.45, 7) is 6.79. The molecule has 1 aromatic carbocycles. The first-order valence-electron chi connectivity index (χ1n) is 6.00. The highest BCUT2D eigenvalue weighted by atomic mass is 79.9. The van der Waals surface area contributed by atoms with Gasteiger partial charge < -0.3 is 4.74 Å². The van der Waals surface area contributed by atoms with Gasteiger partial charge in [0.05, 0.1) is 12.2 Å². The maximum Gasteiger partial charge on any atom is 0.416 e. The van der Waals surface area contributed by atoms with Crippen LogP contribution in [0.3, 0.4) is 0 Å². The van der Waals surface area contributed by atoms with Crippen LogP contribution in [0.1, 0.15) is 26.3 Å². The van der Waals surface area contributed by atoms with Crippen LogP contribution in [0.25, 0.3) is 0 Å². The van der Waals surface area contributed by atoms with Crippen LogP contribution in [0.2, 0.25) is 0 Å². The van der Waals surface area contributed by atoms with Crippen molar-refractivity contribution in [3.8, 4) is 5.75 Å². The highest BCUT2D eigenvalue weighted by Gasteiger charge is 2.30. The van der Waals surface area contributed by atoms with Gasteiger partial charge in [-0.25, -0.2) is 0 Å². The van der Waals surface area contributed by atoms with E-state index in [-0.39, 0.29) is 11.3 Å². The van der Waals surface area contributed by atoms with E-state index in [4.69, 9.17) is 4.74 Å². The molecule has 0 heterocycles. The number of benzene rings is 1. The molecule has 0 saturated carbocycles. The van der Waals surface area contributed by atoms with E-state index in [1.54, 1.807) is 0 Å². The minimum Gasteiger partial charge on any atom is -0.493 e. The highest BCUT2D eigenvalue weighted by molar-refractivity contribution is 9.09. The standard InChI is InChI=1S/C14H18BrF3O/c1-13(2,3)11(8-15)9-19-12-6-4-10(5-7-12)14(16,17)18/h4-7,11H,8-9H2,1-3H3. The van der Waals surface area contributed by atoms with Crippen molar-refractivity contribution < 1.29 is 17.9 Å². The summed E-state index contributed by atoms with van der Waals surface area (Å²) >= 11 is 3.43. The number of hydrogen-bond donors (Lipinski definition) is 0. The molecule has 1 atom stereocenters. The Bertz CT molecular complexity index is 393. The van der Waals surface area contributed by atoms with Crippen molar-refractivity contribution in [2.45, 2.75) is 26.9 Å². The first kappa shape index (κ1) is 16.3. The number of alkyl halides is 4. The quantitative estimate of drug-likeness (QED) is 0.690. The van der Waals surface area contributed by atoms with Gasteiger partial charge in [-0.2, -0.15) is 13.2 Å². The first-order valence-corrected chi connectivity index (χ1v) is 7.13. The summed E-state index contributed by atoms with van der Waals surface area (Å²) < 4.78 is 42.7. The Morgan fingerprint density at radius 1 is 1.11 bits per heavy atom. The van der Waals surface area contributed by atoms with Crippen LogP contribution in [0.15, 0.2) is 24.3 Å². The Balaban J connectivity index is 2.64. The zero-order chi connectivity index (χ0) is 14.7. The molecular weight excluding hydrogens is 321 g/mol. The number of ether oxygens (including phenoxy) is 1. The molecule has 0 aliphatic heterocycles. The van der Waals surface area contributed by atoms with Gasteiger partial charge in [0, 0.05) is 11.2 Å². The molecule has 0 N–H and O–H groups in total. The average Bonchev–Trinajstić information content (AvgIpc) is 2.27. The molecule has 0 radical (unpaired) electrons. The van der Waals surface area contributed by atoms with Crippen LogP contribution >= 0.6 is 15.9 Å². The number of halogens is 4. The second-order valence-corrected chi connectivity index (χ2v) is 6.20. The Hall–Kier alpha value is -0.710. The zero-order valence-electron chi connectivity index (χ0n) is 11.2. The lowest BCUT2D eigenvalue weighted by Gasteiger charge is -2.29. The third kappa shape index (κ3) is 5.05. The van der Waals surface area contributed by atoms with Crippen LogP contribution < -0.4 is 4.74 Å². The second kappa shape index (κ2) is 6.16. The van der Waals surface area contributed by atoms with E-state index in [2.05, 4.69) is 36.7 Å². The second-order valence-electron chi connectivity index (χ2n) is 5.55. The van der Waals surface area contributed by atoms with Crippen molar-refractivity contribution in [3.05, 3.63) is 29.8 Å². The molecule has 108 valence electrons. The Labute approximate surface area is 120 Å². The molecule has 0 bridgehead atoms. The fourth-order valence-electron chi connectivity index (χ4n) is 1.46. The van der Waals surface area contributed by atoms with E-state index >= 15 is 0 Å². The van der Waals surface area contributed by atoms with Gasteiger partial charge in [-0.05, 0) is 29.7 Å². The fourth-order valence-corrected chi connectivity index (χ4v) is 2.62. The third-order valence-corrected chi connectivity index (χ3v) is 3.83. The van der Waals surface area contributed by atoms with Gasteiger partial charge in [0.2, 0.25) is 0 Å². The lowest BCUT2D eigenvalue weighted by atomic mass is 9.83. The molecule has 0 aliphatic carbocycles. The van der Waals surface area contributed by atoms with Crippen molar-refractivity contribution in [2.75, 3.05) is 11.9 Å². The summed E-state index contributed by atoms with van der Waals surface area (Å²) in [6, 6.07) is 4.79. The maximum absolute atomic E-state index is 12.4. The average molecular weight is 339 g/mol. The van der Waals surface area contributed by atoms with E-state index < -0.39 is 11.7 Å². The molecule has 19 heavy (non-hydrogen) atoms. The van der Waals surface area contributed by atoms with E-state index in [0.29, 0.717) is 12.4 Å². The topological polar surface area (TPSA) is 9.23 Å². The van der Waals surface area contributed by atoms with E-state index in [1.165, 1.54) is 12.1 Å². The van der Waals surface area contributed by atoms with Crippen molar-refractivity contribution in [1.29, 1.82) is 0 Å². The molecule has 1 unspecified atom stereocenters. The van der Waals surface area contributed by atoms with Crippen LogP contribution in [-0.2, 0) is 6.18 Å². The summed E-state index contributed by atoms with van der Waals surface area (Å²) in [5.41, 5.74) is -0.581. The van der Waals surface area contributed by atoms with Gasteiger partial charge in [-0.3, -0.25) is 0 Å². The molecule has 1 aromatic rings. The lowest BCUT2D eigenvalue weighted by molar-refractivity contribution is -0.137. The van der Waals surface area contributed by atoms with Gasteiger partial charge >= 0.3 is 6.18 Å². The summed E-state index contributed by atoms with van der Waals surface area (Å²) in [7, 11) is 0. The summed E-state index contributed by atoms with van der Waals surface area (Å²) in [5, 5.41) is 0.789. The zero-order valence-corrected chi connectivity index (χ0v) is 12.8. The normalized spacial score (nSPS) is 14.3. The highest BCUT2D eigenvalue weighted by Crippen LogP contribution is 2.31. The number of rotatable bonds is 4. The predicted molar refractivity (Wildman–Crippen MR) is 73.7 cm³/mol. The van der Waals surface area contributed by atoms with Gasteiger partial charge in [0.25, 0.3) is 0 Å². The van der Waals surface area contributed by atoms with Crippen LogP contribution in [0.4, 0.5) is 13.2 Å². The summed E-state index contributed by atoms with van der Waals surface area (Å²) in [6.07, 6.45) is -4.30. The summed E-state index contributed by atoms with van der Waals surface area (Å²) in [4.78, 5) is 0. The number of hydrogen-bond acceptors (Lipinski definition) is 1. The Morgan fingerprint density at radius 3 is 2.00 bits per heavy atom. The molecule has 1 nitrogen and oxygen atoms in total. The Kier molecular flexibility index (Phi) is 5.30. The molecule has 0 aromatic heterocycles. The smallest absolute Gasteiger partial charge is 0.416 e. The van der Waals surface area contributed by atoms with Crippen molar-refractivity contribution >= 4 is 15.9 Å². The Morgan fingerprint density at radius 2 is 1.63 bits per heavy atom. The van der Waals surface area contributed by atoms with Crippen molar-refractivity contribution in [3.63, 3.8) is 0 Å². The van der Waals surface area contributed by atoms with Crippen molar-refractivity contribution in [2.24, 2.45) is 11.3 Å². The minimum atomic E-state index is -4.30. The predicted octanol–water partition coefficient (Wildman–Crippen LogP) is 5.14. The van der Waals surface area contributed by atoms with E-state index in [0.717, 1.165) is 17.5 Å². The van der Waals surface area contributed by atoms with E-state index in [1.807, 2.05) is 0 Å². The van der Waals surface area contributed by atoms with Gasteiger partial charge in [-0.1, -0.05) is 36.7 Å².